The lowest BCUT2D eigenvalue weighted by Gasteiger charge is -2.26. The van der Waals surface area contributed by atoms with E-state index in [1.54, 1.807) is 0 Å². The van der Waals surface area contributed by atoms with Gasteiger partial charge in [-0.2, -0.15) is 0 Å². The fourth-order valence-electron chi connectivity index (χ4n) is 3.04. The second-order valence-corrected chi connectivity index (χ2v) is 6.66. The summed E-state index contributed by atoms with van der Waals surface area (Å²) in [6.45, 7) is 10.6. The normalized spacial score (nSPS) is 15.4. The zero-order valence-corrected chi connectivity index (χ0v) is 16.8. The van der Waals surface area contributed by atoms with E-state index in [0.717, 1.165) is 69.5 Å². The van der Waals surface area contributed by atoms with Gasteiger partial charge in [0.1, 0.15) is 12.4 Å². The molecule has 0 saturated carbocycles. The average Bonchev–Trinajstić information content (AvgIpc) is 2.70. The van der Waals surface area contributed by atoms with Crippen molar-refractivity contribution in [3.8, 4) is 5.75 Å². The van der Waals surface area contributed by atoms with Gasteiger partial charge < -0.3 is 19.7 Å². The van der Waals surface area contributed by atoms with Gasteiger partial charge in [-0.1, -0.05) is 24.3 Å². The number of hydrogen-bond acceptors (Lipinski definition) is 4. The van der Waals surface area contributed by atoms with E-state index in [0.29, 0.717) is 13.2 Å². The van der Waals surface area contributed by atoms with Crippen LogP contribution in [-0.2, 0) is 11.3 Å². The second kappa shape index (κ2) is 12.4. The number of morpholine rings is 1. The molecule has 2 rings (SSSR count). The fourth-order valence-corrected chi connectivity index (χ4v) is 3.04. The van der Waals surface area contributed by atoms with Gasteiger partial charge in [-0.25, -0.2) is 0 Å². The van der Waals surface area contributed by atoms with Gasteiger partial charge in [0.05, 0.1) is 13.2 Å². The number of allylic oxidation sites excluding steroid dienone is 1. The Hall–Kier alpha value is -2.05. The molecule has 0 spiro atoms. The smallest absolute Gasteiger partial charge is 0.193 e. The lowest BCUT2D eigenvalue weighted by atomic mass is 10.2. The number of guanidine groups is 1. The molecule has 0 amide bonds. The van der Waals surface area contributed by atoms with Crippen LogP contribution >= 0.6 is 0 Å². The first-order valence-corrected chi connectivity index (χ1v) is 9.78. The van der Waals surface area contributed by atoms with Gasteiger partial charge in [0.2, 0.25) is 0 Å². The van der Waals surface area contributed by atoms with E-state index in [9.17, 15) is 0 Å². The summed E-state index contributed by atoms with van der Waals surface area (Å²) in [5.74, 6) is 1.82. The molecule has 1 N–H and O–H groups in total. The molecule has 150 valence electrons. The summed E-state index contributed by atoms with van der Waals surface area (Å²) in [6, 6.07) is 8.20. The largest absolute Gasteiger partial charge is 0.492 e. The zero-order valence-electron chi connectivity index (χ0n) is 16.8. The Morgan fingerprint density at radius 3 is 2.89 bits per heavy atom. The van der Waals surface area contributed by atoms with E-state index < -0.39 is 0 Å². The number of nitrogens with one attached hydrogen (secondary N) is 1. The van der Waals surface area contributed by atoms with E-state index >= 15 is 0 Å². The Labute approximate surface area is 163 Å². The van der Waals surface area contributed by atoms with E-state index in [2.05, 4.69) is 39.8 Å². The molecule has 1 aliphatic rings. The first-order valence-electron chi connectivity index (χ1n) is 9.78. The maximum absolute atomic E-state index is 6.06. The van der Waals surface area contributed by atoms with Gasteiger partial charge in [-0.15, -0.1) is 6.58 Å². The number of rotatable bonds is 10. The SMILES string of the molecule is C=CCCCN(C)C(=NC)NCc1ccccc1OCCN1CCOCC1. The quantitative estimate of drug-likeness (QED) is 0.295. The summed E-state index contributed by atoms with van der Waals surface area (Å²) < 4.78 is 11.4. The van der Waals surface area contributed by atoms with Crippen molar-refractivity contribution in [1.29, 1.82) is 0 Å². The van der Waals surface area contributed by atoms with Crippen molar-refractivity contribution in [3.05, 3.63) is 42.5 Å². The Balaban J connectivity index is 1.82. The molecule has 6 heteroatoms. The summed E-state index contributed by atoms with van der Waals surface area (Å²) in [6.07, 6.45) is 4.04. The number of unbranched alkanes of at least 4 members (excludes halogenated alkanes) is 1. The standard InChI is InChI=1S/C21H34N4O2/c1-4-5-8-11-24(3)21(22-2)23-18-19-9-6-7-10-20(19)27-17-14-25-12-15-26-16-13-25/h4,6-7,9-10H,1,5,8,11-18H2,2-3H3,(H,22,23). The van der Waals surface area contributed by atoms with Crippen LogP contribution < -0.4 is 10.1 Å². The van der Waals surface area contributed by atoms with Crippen LogP contribution in [0.4, 0.5) is 0 Å². The Morgan fingerprint density at radius 1 is 1.37 bits per heavy atom. The minimum atomic E-state index is 0.687. The summed E-state index contributed by atoms with van der Waals surface area (Å²) in [7, 11) is 3.88. The minimum absolute atomic E-state index is 0.687. The van der Waals surface area contributed by atoms with Crippen molar-refractivity contribution in [3.63, 3.8) is 0 Å². The van der Waals surface area contributed by atoms with Crippen LogP contribution in [0, 0.1) is 0 Å². The number of hydrogen-bond donors (Lipinski definition) is 1. The van der Waals surface area contributed by atoms with Crippen LogP contribution in [0.1, 0.15) is 18.4 Å². The van der Waals surface area contributed by atoms with Crippen molar-refractivity contribution in [2.75, 3.05) is 60.1 Å². The fraction of sp³-hybridized carbons (Fsp3) is 0.571. The van der Waals surface area contributed by atoms with Crippen LogP contribution in [-0.4, -0.2) is 75.9 Å². The van der Waals surface area contributed by atoms with Crippen LogP contribution in [0.25, 0.3) is 0 Å². The maximum atomic E-state index is 6.06. The third-order valence-electron chi connectivity index (χ3n) is 4.65. The molecule has 1 aromatic carbocycles. The monoisotopic (exact) mass is 374 g/mol. The summed E-state index contributed by atoms with van der Waals surface area (Å²) >= 11 is 0. The number of para-hydroxylation sites is 1. The molecule has 0 unspecified atom stereocenters. The average molecular weight is 375 g/mol. The van der Waals surface area contributed by atoms with Gasteiger partial charge in [-0.05, 0) is 18.9 Å². The van der Waals surface area contributed by atoms with Gasteiger partial charge >= 0.3 is 0 Å². The van der Waals surface area contributed by atoms with Crippen molar-refractivity contribution in [1.82, 2.24) is 15.1 Å². The molecule has 1 fully saturated rings. The van der Waals surface area contributed by atoms with Crippen LogP contribution in [0.3, 0.4) is 0 Å². The highest BCUT2D eigenvalue weighted by molar-refractivity contribution is 5.79. The molecule has 0 aliphatic carbocycles. The topological polar surface area (TPSA) is 49.3 Å². The molecule has 1 aliphatic heterocycles. The van der Waals surface area contributed by atoms with Gasteiger partial charge in [-0.3, -0.25) is 9.89 Å². The van der Waals surface area contributed by atoms with Gasteiger partial charge in [0.25, 0.3) is 0 Å². The lowest BCUT2D eigenvalue weighted by Crippen LogP contribution is -2.39. The van der Waals surface area contributed by atoms with Gasteiger partial charge in [0.15, 0.2) is 5.96 Å². The Morgan fingerprint density at radius 2 is 2.15 bits per heavy atom. The van der Waals surface area contributed by atoms with Crippen LogP contribution in [0.5, 0.6) is 5.75 Å². The highest BCUT2D eigenvalue weighted by atomic mass is 16.5. The first-order chi connectivity index (χ1) is 13.2. The lowest BCUT2D eigenvalue weighted by molar-refractivity contribution is 0.0322. The van der Waals surface area contributed by atoms with Crippen molar-refractivity contribution >= 4 is 5.96 Å². The number of nitrogens with zero attached hydrogens (tertiary/aromatic N) is 3. The number of aliphatic imine (C=N–C) groups is 1. The third kappa shape index (κ3) is 7.61. The number of ether oxygens (including phenoxy) is 2. The highest BCUT2D eigenvalue weighted by Crippen LogP contribution is 2.18. The summed E-state index contributed by atoms with van der Waals surface area (Å²) in [5, 5.41) is 3.44. The van der Waals surface area contributed by atoms with Crippen molar-refractivity contribution in [2.45, 2.75) is 19.4 Å². The third-order valence-corrected chi connectivity index (χ3v) is 4.65. The maximum Gasteiger partial charge on any atom is 0.193 e. The van der Waals surface area contributed by atoms with Gasteiger partial charge in [0, 0.05) is 52.4 Å². The van der Waals surface area contributed by atoms with E-state index in [1.807, 2.05) is 31.3 Å². The summed E-state index contributed by atoms with van der Waals surface area (Å²) in [4.78, 5) is 8.90. The van der Waals surface area contributed by atoms with Crippen molar-refractivity contribution in [2.24, 2.45) is 4.99 Å². The second-order valence-electron chi connectivity index (χ2n) is 6.66. The first kappa shape index (κ1) is 21.3. The Bertz CT molecular complexity index is 585. The summed E-state index contributed by atoms with van der Waals surface area (Å²) in [5.41, 5.74) is 1.14. The number of benzene rings is 1. The molecule has 0 aromatic heterocycles. The molecule has 1 heterocycles. The van der Waals surface area contributed by atoms with E-state index in [4.69, 9.17) is 9.47 Å². The predicted octanol–water partition coefficient (Wildman–Crippen LogP) is 2.37. The Kier molecular flexibility index (Phi) is 9.73. The molecule has 1 saturated heterocycles. The molecular formula is C21H34N4O2. The molecule has 0 atom stereocenters. The highest BCUT2D eigenvalue weighted by Gasteiger charge is 2.11. The van der Waals surface area contributed by atoms with E-state index in [-0.39, 0.29) is 0 Å². The molecule has 1 aromatic rings. The minimum Gasteiger partial charge on any atom is -0.492 e. The van der Waals surface area contributed by atoms with E-state index in [1.165, 1.54) is 0 Å². The zero-order chi connectivity index (χ0) is 19.3. The molecule has 27 heavy (non-hydrogen) atoms. The molecule has 0 bridgehead atoms. The molecule has 6 nitrogen and oxygen atoms in total. The predicted molar refractivity (Wildman–Crippen MR) is 111 cm³/mol. The van der Waals surface area contributed by atoms with Crippen LogP contribution in [0.2, 0.25) is 0 Å². The molecule has 0 radical (unpaired) electrons. The molecular weight excluding hydrogens is 340 g/mol. The van der Waals surface area contributed by atoms with Crippen molar-refractivity contribution < 1.29 is 9.47 Å². The van der Waals surface area contributed by atoms with Crippen LogP contribution in [0.15, 0.2) is 41.9 Å².